The van der Waals surface area contributed by atoms with Crippen LogP contribution in [0.25, 0.3) is 0 Å². The van der Waals surface area contributed by atoms with Gasteiger partial charge in [0, 0.05) is 21.3 Å². The number of benzene rings is 3. The number of ketones is 1. The van der Waals surface area contributed by atoms with Gasteiger partial charge in [-0.3, -0.25) is 4.79 Å². The van der Waals surface area contributed by atoms with E-state index < -0.39 is 0 Å². The molecule has 0 amide bonds. The molecule has 3 aromatic carbocycles. The van der Waals surface area contributed by atoms with Crippen molar-refractivity contribution in [2.45, 2.75) is 85.7 Å². The largest absolute Gasteiger partial charge is 0.424 e. The molecule has 3 heterocycles. The Labute approximate surface area is 302 Å². The summed E-state index contributed by atoms with van der Waals surface area (Å²) in [4.78, 5) is 9.92. The Bertz CT molecular complexity index is 1200. The van der Waals surface area contributed by atoms with E-state index in [1.54, 1.807) is 7.11 Å². The Kier molecular flexibility index (Phi) is 23.6. The van der Waals surface area contributed by atoms with Crippen LogP contribution in [0.15, 0.2) is 72.8 Å². The lowest BCUT2D eigenvalue weighted by Crippen LogP contribution is -2.23. The maximum Gasteiger partial charge on any atom is 0.324 e. The Morgan fingerprint density at radius 1 is 0.640 bits per heavy atom. The molecule has 0 bridgehead atoms. The summed E-state index contributed by atoms with van der Waals surface area (Å²) in [5.41, 5.74) is 13.0. The van der Waals surface area contributed by atoms with Crippen LogP contribution in [0.4, 0.5) is 0 Å². The molecule has 3 aliphatic heterocycles. The fourth-order valence-corrected chi connectivity index (χ4v) is 5.85. The smallest absolute Gasteiger partial charge is 0.324 e. The van der Waals surface area contributed by atoms with Crippen LogP contribution in [-0.2, 0) is 33.0 Å². The van der Waals surface area contributed by atoms with Gasteiger partial charge in [0.2, 0.25) is 0 Å². The fourth-order valence-electron chi connectivity index (χ4n) is 5.85. The second kappa shape index (κ2) is 26.0. The van der Waals surface area contributed by atoms with Gasteiger partial charge in [-0.2, -0.15) is 0 Å². The molecule has 0 radical (unpaired) electrons. The highest BCUT2D eigenvalue weighted by molar-refractivity contribution is 6.68. The Morgan fingerprint density at radius 3 is 1.10 bits per heavy atom. The highest BCUT2D eigenvalue weighted by Crippen LogP contribution is 2.28. The third-order valence-electron chi connectivity index (χ3n) is 8.20. The number of hydrogen-bond acceptors (Lipinski definition) is 9. The van der Waals surface area contributed by atoms with E-state index in [2.05, 4.69) is 128 Å². The molecule has 3 N–H and O–H groups in total. The zero-order valence-corrected chi connectivity index (χ0v) is 32.0. The van der Waals surface area contributed by atoms with Crippen molar-refractivity contribution in [2.24, 2.45) is 5.73 Å². The lowest BCUT2D eigenvalue weighted by Gasteiger charge is -2.08. The van der Waals surface area contributed by atoms with Crippen molar-refractivity contribution in [2.75, 3.05) is 41.5 Å². The van der Waals surface area contributed by atoms with Crippen LogP contribution >= 0.6 is 0 Å². The third-order valence-corrected chi connectivity index (χ3v) is 8.20. The maximum absolute atomic E-state index is 9.92. The van der Waals surface area contributed by atoms with Crippen LogP contribution in [-0.4, -0.2) is 73.1 Å². The number of rotatable bonds is 7. The molecule has 0 aliphatic carbocycles. The fraction of sp³-hybridized carbons (Fsp3) is 0.500. The van der Waals surface area contributed by atoms with E-state index in [4.69, 9.17) is 24.8 Å². The summed E-state index contributed by atoms with van der Waals surface area (Å²) < 4.78 is 30.2. The first-order valence-electron chi connectivity index (χ1n) is 17.6. The van der Waals surface area contributed by atoms with Gasteiger partial charge in [-0.05, 0) is 59.3 Å². The first kappa shape index (κ1) is 45.2. The number of aliphatic hydroxyl groups is 1. The quantitative estimate of drug-likeness (QED) is 0.250. The summed E-state index contributed by atoms with van der Waals surface area (Å²) >= 11 is 0. The maximum atomic E-state index is 9.92. The van der Waals surface area contributed by atoms with Crippen LogP contribution in [0.2, 0.25) is 20.5 Å². The van der Waals surface area contributed by atoms with Crippen LogP contribution in [0.5, 0.6) is 0 Å². The number of Topliss-reactive ketones (excluding diaryl/α,β-unsaturated/α-hetero) is 1. The average molecular weight is 691 g/mol. The van der Waals surface area contributed by atoms with Crippen LogP contribution in [0.1, 0.15) is 82.0 Å². The number of hydrogen-bond donors (Lipinski definition) is 2. The topological polar surface area (TPSA) is 119 Å². The Balaban J connectivity index is 0.000000318. The molecule has 3 atom stereocenters. The predicted molar refractivity (Wildman–Crippen MR) is 208 cm³/mol. The second-order valence-electron chi connectivity index (χ2n) is 11.9. The van der Waals surface area contributed by atoms with E-state index in [9.17, 15) is 4.79 Å². The molecular weight excluding hydrogens is 631 g/mol. The SMILES string of the molecule is CCC1OB(C)c2ccccc21.CCC1OB(C)c2ccccc21.CCC1OB(C)c2ccccc21.COCC(C)=O.COCN.COCO. The molecule has 3 aliphatic rings. The lowest BCUT2D eigenvalue weighted by atomic mass is 9.64. The minimum atomic E-state index is -0.181. The molecule has 6 rings (SSSR count). The van der Waals surface area contributed by atoms with Gasteiger partial charge in [-0.25, -0.2) is 0 Å². The number of methoxy groups -OCH3 is 3. The van der Waals surface area contributed by atoms with E-state index in [0.29, 0.717) is 25.0 Å². The first-order valence-corrected chi connectivity index (χ1v) is 17.6. The number of fused-ring (bicyclic) bond motifs is 3. The van der Waals surface area contributed by atoms with Gasteiger partial charge in [-0.1, -0.05) is 114 Å². The van der Waals surface area contributed by atoms with Gasteiger partial charge in [0.05, 0.1) is 25.0 Å². The molecule has 3 unspecified atom stereocenters. The van der Waals surface area contributed by atoms with Crippen molar-refractivity contribution in [3.05, 3.63) is 89.5 Å². The van der Waals surface area contributed by atoms with Gasteiger partial charge in [-0.15, -0.1) is 0 Å². The Morgan fingerprint density at radius 2 is 0.920 bits per heavy atom. The van der Waals surface area contributed by atoms with Crippen molar-refractivity contribution >= 4 is 42.9 Å². The molecule has 0 spiro atoms. The number of carbonyl (C=O) groups excluding carboxylic acids is 1. The Hall–Kier alpha value is -2.80. The monoisotopic (exact) mass is 691 g/mol. The van der Waals surface area contributed by atoms with Gasteiger partial charge in [0.15, 0.2) is 5.78 Å². The summed E-state index contributed by atoms with van der Waals surface area (Å²) in [5.74, 6) is 0.0671. The summed E-state index contributed by atoms with van der Waals surface area (Å²) in [6, 6.07) is 25.5. The van der Waals surface area contributed by atoms with Crippen molar-refractivity contribution in [1.82, 2.24) is 0 Å². The van der Waals surface area contributed by atoms with Crippen molar-refractivity contribution in [3.63, 3.8) is 0 Å². The number of carbonyl (C=O) groups is 1. The van der Waals surface area contributed by atoms with Gasteiger partial charge >= 0.3 is 20.7 Å². The molecule has 12 heteroatoms. The number of ether oxygens (including phenoxy) is 3. The molecule has 50 heavy (non-hydrogen) atoms. The van der Waals surface area contributed by atoms with Crippen LogP contribution in [0.3, 0.4) is 0 Å². The van der Waals surface area contributed by atoms with Crippen molar-refractivity contribution < 1.29 is 38.1 Å². The molecule has 3 aromatic rings. The molecule has 0 fully saturated rings. The van der Waals surface area contributed by atoms with E-state index in [1.807, 2.05) is 0 Å². The van der Waals surface area contributed by atoms with E-state index in [0.717, 1.165) is 19.3 Å². The summed E-state index contributed by atoms with van der Waals surface area (Å²) in [7, 11) is 4.49. The predicted octanol–water partition coefficient (Wildman–Crippen LogP) is 5.34. The molecular formula is C38H60B3NO8. The first-order chi connectivity index (χ1) is 24.1. The van der Waals surface area contributed by atoms with Crippen molar-refractivity contribution in [1.29, 1.82) is 0 Å². The third kappa shape index (κ3) is 14.8. The summed E-state index contributed by atoms with van der Waals surface area (Å²) in [6.07, 6.45) is 4.20. The summed E-state index contributed by atoms with van der Waals surface area (Å²) in [5, 5.41) is 7.65. The molecule has 0 saturated heterocycles. The standard InChI is InChI=1S/3C10H13BO.C4H8O2.C2H7NO.C2H6O2/c3*1-3-10-8-6-4-5-7-9(8)11(2)12-10;1-4(5)3-6-2;2*1-4-2-3/h3*4-7,10H,3H2,1-2H3;3H2,1-2H3;2-3H2,1H3;3H,2H2,1H3. The van der Waals surface area contributed by atoms with Crippen molar-refractivity contribution in [3.8, 4) is 0 Å². The zero-order valence-electron chi connectivity index (χ0n) is 32.0. The minimum absolute atomic E-state index is 0.0671. The van der Waals surface area contributed by atoms with E-state index >= 15 is 0 Å². The molecule has 0 aromatic heterocycles. The van der Waals surface area contributed by atoms with Gasteiger partial charge in [0.1, 0.15) is 13.4 Å². The molecule has 0 saturated carbocycles. The molecule has 274 valence electrons. The van der Waals surface area contributed by atoms with E-state index in [1.165, 1.54) is 54.2 Å². The minimum Gasteiger partial charge on any atom is -0.424 e. The van der Waals surface area contributed by atoms with Crippen LogP contribution < -0.4 is 22.1 Å². The summed E-state index contributed by atoms with van der Waals surface area (Å²) in [6.45, 7) is 15.6. The molecule has 9 nitrogen and oxygen atoms in total. The highest BCUT2D eigenvalue weighted by atomic mass is 16.6. The number of aliphatic hydroxyl groups excluding tert-OH is 1. The highest BCUT2D eigenvalue weighted by Gasteiger charge is 2.31. The zero-order chi connectivity index (χ0) is 37.5. The van der Waals surface area contributed by atoms with Gasteiger partial charge in [0.25, 0.3) is 0 Å². The second-order valence-corrected chi connectivity index (χ2v) is 11.9. The number of nitrogens with two attached hydrogens (primary N) is 1. The lowest BCUT2D eigenvalue weighted by molar-refractivity contribution is -0.120. The average Bonchev–Trinajstić information content (AvgIpc) is 3.78. The van der Waals surface area contributed by atoms with Gasteiger partial charge < -0.3 is 39.0 Å². The normalized spacial score (nSPS) is 17.4. The van der Waals surface area contributed by atoms with Crippen LogP contribution in [0, 0.1) is 0 Å². The van der Waals surface area contributed by atoms with E-state index in [-0.39, 0.29) is 39.9 Å².